The van der Waals surface area contributed by atoms with Crippen LogP contribution in [0.3, 0.4) is 0 Å². The van der Waals surface area contributed by atoms with Gasteiger partial charge in [-0.3, -0.25) is 4.98 Å². The van der Waals surface area contributed by atoms with Gasteiger partial charge in [0.25, 0.3) is 0 Å². The number of aryl methyl sites for hydroxylation is 1. The lowest BCUT2D eigenvalue weighted by Gasteiger charge is -2.33. The molecule has 2 aromatic heterocycles. The summed E-state index contributed by atoms with van der Waals surface area (Å²) in [6.07, 6.45) is 7.99. The molecule has 1 aliphatic heterocycles. The second kappa shape index (κ2) is 9.41. The lowest BCUT2D eigenvalue weighted by atomic mass is 9.96. The third kappa shape index (κ3) is 5.25. The summed E-state index contributed by atoms with van der Waals surface area (Å²) in [5.41, 5.74) is 4.88. The first-order chi connectivity index (χ1) is 14.3. The van der Waals surface area contributed by atoms with E-state index in [0.29, 0.717) is 5.92 Å². The molecule has 0 unspecified atom stereocenters. The van der Waals surface area contributed by atoms with Gasteiger partial charge in [0.2, 0.25) is 0 Å². The molecule has 0 radical (unpaired) electrons. The molecule has 0 bridgehead atoms. The molecule has 0 saturated carbocycles. The van der Waals surface area contributed by atoms with Crippen molar-refractivity contribution in [1.29, 1.82) is 0 Å². The normalized spacial score (nSPS) is 14.6. The quantitative estimate of drug-likeness (QED) is 0.614. The van der Waals surface area contributed by atoms with Crippen LogP contribution < -0.4 is 15.5 Å². The van der Waals surface area contributed by atoms with E-state index in [-0.39, 0.29) is 0 Å². The van der Waals surface area contributed by atoms with E-state index >= 15 is 0 Å². The number of anilines is 3. The van der Waals surface area contributed by atoms with Gasteiger partial charge in [-0.1, -0.05) is 23.8 Å². The maximum atomic E-state index is 4.58. The summed E-state index contributed by atoms with van der Waals surface area (Å²) in [4.78, 5) is 11.2. The molecule has 4 rings (SSSR count). The average Bonchev–Trinajstić information content (AvgIpc) is 2.79. The standard InChI is InChI=1S/C24H29N5/c1-19-4-6-22(7-5-19)27-18-21-3-2-12-26-24(21)28-17-20-10-15-29(16-11-20)23-8-13-25-14-9-23/h2-9,12-14,20,27H,10-11,15-18H2,1H3,(H,26,28). The highest BCUT2D eigenvalue weighted by molar-refractivity contribution is 5.49. The minimum atomic E-state index is 0.674. The van der Waals surface area contributed by atoms with Gasteiger partial charge in [-0.25, -0.2) is 4.98 Å². The fraction of sp³-hybridized carbons (Fsp3) is 0.333. The van der Waals surface area contributed by atoms with Crippen molar-refractivity contribution in [2.75, 3.05) is 35.2 Å². The van der Waals surface area contributed by atoms with Crippen LogP contribution in [0.4, 0.5) is 17.2 Å². The van der Waals surface area contributed by atoms with Crippen molar-refractivity contribution in [1.82, 2.24) is 9.97 Å². The summed E-state index contributed by atoms with van der Waals surface area (Å²) in [6.45, 7) is 6.04. The summed E-state index contributed by atoms with van der Waals surface area (Å²) < 4.78 is 0. The maximum absolute atomic E-state index is 4.58. The molecule has 5 nitrogen and oxygen atoms in total. The molecular weight excluding hydrogens is 358 g/mol. The topological polar surface area (TPSA) is 53.1 Å². The van der Waals surface area contributed by atoms with E-state index in [1.807, 2.05) is 24.7 Å². The second-order valence-electron chi connectivity index (χ2n) is 7.75. The van der Waals surface area contributed by atoms with Crippen molar-refractivity contribution >= 4 is 17.2 Å². The predicted octanol–water partition coefficient (Wildman–Crippen LogP) is 4.73. The summed E-state index contributed by atoms with van der Waals surface area (Å²) in [5.74, 6) is 1.66. The van der Waals surface area contributed by atoms with Gasteiger partial charge in [0.15, 0.2) is 0 Å². The highest BCUT2D eigenvalue weighted by atomic mass is 15.1. The van der Waals surface area contributed by atoms with E-state index in [4.69, 9.17) is 0 Å². The maximum Gasteiger partial charge on any atom is 0.130 e. The zero-order valence-electron chi connectivity index (χ0n) is 17.0. The average molecular weight is 388 g/mol. The molecule has 0 spiro atoms. The van der Waals surface area contributed by atoms with Crippen LogP contribution >= 0.6 is 0 Å². The van der Waals surface area contributed by atoms with E-state index in [9.17, 15) is 0 Å². The third-order valence-corrected chi connectivity index (χ3v) is 5.63. The van der Waals surface area contributed by atoms with Gasteiger partial charge < -0.3 is 15.5 Å². The molecule has 2 N–H and O–H groups in total. The lowest BCUT2D eigenvalue weighted by Crippen LogP contribution is -2.36. The molecule has 0 amide bonds. The number of nitrogens with zero attached hydrogens (tertiary/aromatic N) is 3. The van der Waals surface area contributed by atoms with Crippen LogP contribution in [-0.4, -0.2) is 29.6 Å². The Morgan fingerprint density at radius 1 is 0.931 bits per heavy atom. The molecule has 29 heavy (non-hydrogen) atoms. The Hall–Kier alpha value is -3.08. The van der Waals surface area contributed by atoms with Crippen molar-refractivity contribution in [3.8, 4) is 0 Å². The molecule has 0 atom stereocenters. The van der Waals surface area contributed by atoms with Gasteiger partial charge in [0.05, 0.1) is 0 Å². The fourth-order valence-corrected chi connectivity index (χ4v) is 3.80. The first-order valence-electron chi connectivity index (χ1n) is 10.4. The largest absolute Gasteiger partial charge is 0.381 e. The summed E-state index contributed by atoms with van der Waals surface area (Å²) >= 11 is 0. The molecule has 0 aliphatic carbocycles. The lowest BCUT2D eigenvalue weighted by molar-refractivity contribution is 0.423. The van der Waals surface area contributed by atoms with Gasteiger partial charge in [-0.05, 0) is 56.0 Å². The van der Waals surface area contributed by atoms with Gasteiger partial charge in [0, 0.05) is 61.7 Å². The Morgan fingerprint density at radius 2 is 1.69 bits per heavy atom. The summed E-state index contributed by atoms with van der Waals surface area (Å²) in [6, 6.07) is 16.8. The smallest absolute Gasteiger partial charge is 0.130 e. The van der Waals surface area contributed by atoms with E-state index in [0.717, 1.165) is 37.7 Å². The molecule has 3 heterocycles. The minimum absolute atomic E-state index is 0.674. The van der Waals surface area contributed by atoms with Crippen molar-refractivity contribution in [2.24, 2.45) is 5.92 Å². The number of nitrogens with one attached hydrogen (secondary N) is 2. The van der Waals surface area contributed by atoms with Crippen molar-refractivity contribution < 1.29 is 0 Å². The summed E-state index contributed by atoms with van der Waals surface area (Å²) in [5, 5.41) is 7.10. The zero-order chi connectivity index (χ0) is 19.9. The Kier molecular flexibility index (Phi) is 6.25. The molecular formula is C24H29N5. The van der Waals surface area contributed by atoms with Crippen LogP contribution in [0.25, 0.3) is 0 Å². The number of hydrogen-bond donors (Lipinski definition) is 2. The van der Waals surface area contributed by atoms with E-state index in [1.165, 1.54) is 29.7 Å². The molecule has 1 fully saturated rings. The molecule has 1 saturated heterocycles. The molecule has 3 aromatic rings. The predicted molar refractivity (Wildman–Crippen MR) is 120 cm³/mol. The molecule has 5 heteroatoms. The molecule has 1 aromatic carbocycles. The van der Waals surface area contributed by atoms with E-state index in [1.54, 1.807) is 0 Å². The van der Waals surface area contributed by atoms with Crippen LogP contribution in [-0.2, 0) is 6.54 Å². The third-order valence-electron chi connectivity index (χ3n) is 5.63. The number of piperidine rings is 1. The molecule has 1 aliphatic rings. The SMILES string of the molecule is Cc1ccc(NCc2cccnc2NCC2CCN(c3ccncc3)CC2)cc1. The van der Waals surface area contributed by atoms with Crippen LogP contribution in [0, 0.1) is 12.8 Å². The van der Waals surface area contributed by atoms with Crippen LogP contribution in [0.2, 0.25) is 0 Å². The zero-order valence-corrected chi connectivity index (χ0v) is 17.0. The number of rotatable bonds is 7. The Labute approximate surface area is 173 Å². The van der Waals surface area contributed by atoms with Crippen LogP contribution in [0.1, 0.15) is 24.0 Å². The monoisotopic (exact) mass is 387 g/mol. The van der Waals surface area contributed by atoms with E-state index < -0.39 is 0 Å². The van der Waals surface area contributed by atoms with Gasteiger partial charge >= 0.3 is 0 Å². The van der Waals surface area contributed by atoms with Crippen LogP contribution in [0.5, 0.6) is 0 Å². The Bertz CT molecular complexity index is 887. The van der Waals surface area contributed by atoms with Gasteiger partial charge in [-0.15, -0.1) is 0 Å². The number of benzene rings is 1. The van der Waals surface area contributed by atoms with E-state index in [2.05, 4.69) is 74.9 Å². The fourth-order valence-electron chi connectivity index (χ4n) is 3.80. The highest BCUT2D eigenvalue weighted by Gasteiger charge is 2.19. The number of aromatic nitrogens is 2. The van der Waals surface area contributed by atoms with Crippen molar-refractivity contribution in [3.63, 3.8) is 0 Å². The Morgan fingerprint density at radius 3 is 2.45 bits per heavy atom. The second-order valence-corrected chi connectivity index (χ2v) is 7.75. The van der Waals surface area contributed by atoms with Crippen LogP contribution in [0.15, 0.2) is 67.1 Å². The summed E-state index contributed by atoms with van der Waals surface area (Å²) in [7, 11) is 0. The first-order valence-corrected chi connectivity index (χ1v) is 10.4. The Balaban J connectivity index is 1.28. The van der Waals surface area contributed by atoms with Gasteiger partial charge in [-0.2, -0.15) is 0 Å². The number of pyridine rings is 2. The molecule has 150 valence electrons. The highest BCUT2D eigenvalue weighted by Crippen LogP contribution is 2.23. The van der Waals surface area contributed by atoms with Crippen molar-refractivity contribution in [3.05, 3.63) is 78.2 Å². The number of hydrogen-bond acceptors (Lipinski definition) is 5. The minimum Gasteiger partial charge on any atom is -0.381 e. The first kappa shape index (κ1) is 19.2. The van der Waals surface area contributed by atoms with Gasteiger partial charge in [0.1, 0.15) is 5.82 Å². The van der Waals surface area contributed by atoms with Crippen molar-refractivity contribution in [2.45, 2.75) is 26.3 Å².